The number of anilines is 1. The van der Waals surface area contributed by atoms with Gasteiger partial charge in [0.1, 0.15) is 0 Å². The molecule has 2 atom stereocenters. The molecule has 1 aromatic rings. The Labute approximate surface area is 85.3 Å². The molecule has 0 amide bonds. The molecule has 1 saturated heterocycles. The highest BCUT2D eigenvalue weighted by atomic mass is 16.5. The Bertz CT molecular complexity index is 294. The number of nitrogens with one attached hydrogen (secondary N) is 1. The van der Waals surface area contributed by atoms with Crippen LogP contribution in [0.1, 0.15) is 18.9 Å². The van der Waals surface area contributed by atoms with Gasteiger partial charge < -0.3 is 10.1 Å². The van der Waals surface area contributed by atoms with E-state index in [0.29, 0.717) is 12.1 Å². The lowest BCUT2D eigenvalue weighted by Crippen LogP contribution is -2.26. The molecule has 14 heavy (non-hydrogen) atoms. The van der Waals surface area contributed by atoms with Crippen LogP contribution in [0.4, 0.5) is 5.69 Å². The van der Waals surface area contributed by atoms with Gasteiger partial charge in [0, 0.05) is 12.3 Å². The van der Waals surface area contributed by atoms with Gasteiger partial charge in [-0.3, -0.25) is 0 Å². The monoisotopic (exact) mass is 191 g/mol. The van der Waals surface area contributed by atoms with Crippen molar-refractivity contribution in [2.45, 2.75) is 32.4 Å². The van der Waals surface area contributed by atoms with Gasteiger partial charge in [0.05, 0.1) is 12.1 Å². The molecule has 0 unspecified atom stereocenters. The van der Waals surface area contributed by atoms with Crippen molar-refractivity contribution in [3.8, 4) is 0 Å². The number of aryl methyl sites for hydroxylation is 1. The SMILES string of the molecule is Cc1ccc(N[C@H]2CCO[C@@H]2C)cc1. The van der Waals surface area contributed by atoms with E-state index in [4.69, 9.17) is 4.74 Å². The second kappa shape index (κ2) is 4.01. The average molecular weight is 191 g/mol. The van der Waals surface area contributed by atoms with Gasteiger partial charge in [-0.05, 0) is 32.4 Å². The summed E-state index contributed by atoms with van der Waals surface area (Å²) in [6, 6.07) is 8.98. The van der Waals surface area contributed by atoms with E-state index >= 15 is 0 Å². The van der Waals surface area contributed by atoms with Crippen LogP contribution in [0.2, 0.25) is 0 Å². The summed E-state index contributed by atoms with van der Waals surface area (Å²) in [5.41, 5.74) is 2.49. The second-order valence-electron chi connectivity index (χ2n) is 3.98. The number of hydrogen-bond acceptors (Lipinski definition) is 2. The Hall–Kier alpha value is -1.02. The minimum Gasteiger partial charge on any atom is -0.380 e. The van der Waals surface area contributed by atoms with Gasteiger partial charge in [-0.15, -0.1) is 0 Å². The normalized spacial score (nSPS) is 26.4. The van der Waals surface area contributed by atoms with Gasteiger partial charge in [0.25, 0.3) is 0 Å². The fourth-order valence-corrected chi connectivity index (χ4v) is 1.79. The Morgan fingerprint density at radius 2 is 2.00 bits per heavy atom. The molecule has 1 aromatic carbocycles. The molecule has 0 spiro atoms. The third kappa shape index (κ3) is 2.07. The third-order valence-corrected chi connectivity index (χ3v) is 2.78. The van der Waals surface area contributed by atoms with Crippen LogP contribution in [0.15, 0.2) is 24.3 Å². The summed E-state index contributed by atoms with van der Waals surface area (Å²) in [7, 11) is 0. The van der Waals surface area contributed by atoms with E-state index in [9.17, 15) is 0 Å². The molecule has 1 aliphatic heterocycles. The summed E-state index contributed by atoms with van der Waals surface area (Å²) >= 11 is 0. The maximum absolute atomic E-state index is 5.50. The van der Waals surface area contributed by atoms with Crippen molar-refractivity contribution in [3.05, 3.63) is 29.8 Å². The van der Waals surface area contributed by atoms with E-state index in [1.165, 1.54) is 11.3 Å². The maximum atomic E-state index is 5.50. The fourth-order valence-electron chi connectivity index (χ4n) is 1.79. The van der Waals surface area contributed by atoms with E-state index in [-0.39, 0.29) is 0 Å². The first-order chi connectivity index (χ1) is 6.75. The number of ether oxygens (including phenoxy) is 1. The first kappa shape index (κ1) is 9.53. The zero-order chi connectivity index (χ0) is 9.97. The van der Waals surface area contributed by atoms with Gasteiger partial charge >= 0.3 is 0 Å². The summed E-state index contributed by atoms with van der Waals surface area (Å²) in [4.78, 5) is 0. The van der Waals surface area contributed by atoms with Gasteiger partial charge in [-0.1, -0.05) is 17.7 Å². The summed E-state index contributed by atoms with van der Waals surface area (Å²) in [5.74, 6) is 0. The first-order valence-electron chi connectivity index (χ1n) is 5.20. The van der Waals surface area contributed by atoms with Crippen molar-refractivity contribution < 1.29 is 4.74 Å². The van der Waals surface area contributed by atoms with Crippen molar-refractivity contribution in [2.24, 2.45) is 0 Å². The largest absolute Gasteiger partial charge is 0.380 e. The third-order valence-electron chi connectivity index (χ3n) is 2.78. The lowest BCUT2D eigenvalue weighted by Gasteiger charge is -2.17. The highest BCUT2D eigenvalue weighted by Crippen LogP contribution is 2.18. The minimum atomic E-state index is 0.330. The standard InChI is InChI=1S/C12H17NO/c1-9-3-5-11(6-4-9)13-12-7-8-14-10(12)2/h3-6,10,12-13H,7-8H2,1-2H3/t10-,12+/m1/s1. The molecule has 2 heteroatoms. The van der Waals surface area contributed by atoms with Gasteiger partial charge in [0.2, 0.25) is 0 Å². The van der Waals surface area contributed by atoms with Crippen LogP contribution in [-0.2, 0) is 4.74 Å². The number of benzene rings is 1. The van der Waals surface area contributed by atoms with E-state index < -0.39 is 0 Å². The predicted octanol–water partition coefficient (Wildman–Crippen LogP) is 2.58. The highest BCUT2D eigenvalue weighted by Gasteiger charge is 2.23. The molecule has 2 nitrogen and oxygen atoms in total. The molecular weight excluding hydrogens is 174 g/mol. The molecule has 1 fully saturated rings. The topological polar surface area (TPSA) is 21.3 Å². The lowest BCUT2D eigenvalue weighted by atomic mass is 10.1. The Kier molecular flexibility index (Phi) is 2.73. The highest BCUT2D eigenvalue weighted by molar-refractivity contribution is 5.45. The lowest BCUT2D eigenvalue weighted by molar-refractivity contribution is 0.121. The van der Waals surface area contributed by atoms with Crippen molar-refractivity contribution in [2.75, 3.05) is 11.9 Å². The molecule has 76 valence electrons. The van der Waals surface area contributed by atoms with E-state index in [0.717, 1.165) is 13.0 Å². The molecule has 1 N–H and O–H groups in total. The fraction of sp³-hybridized carbons (Fsp3) is 0.500. The van der Waals surface area contributed by atoms with Crippen molar-refractivity contribution >= 4 is 5.69 Å². The zero-order valence-electron chi connectivity index (χ0n) is 8.79. The van der Waals surface area contributed by atoms with Crippen LogP contribution in [0.5, 0.6) is 0 Å². The van der Waals surface area contributed by atoms with Gasteiger partial charge in [-0.25, -0.2) is 0 Å². The molecule has 0 saturated carbocycles. The van der Waals surface area contributed by atoms with E-state index in [2.05, 4.69) is 43.4 Å². The van der Waals surface area contributed by atoms with Crippen LogP contribution < -0.4 is 5.32 Å². The van der Waals surface area contributed by atoms with Crippen LogP contribution in [0, 0.1) is 6.92 Å². The second-order valence-corrected chi connectivity index (χ2v) is 3.98. The van der Waals surface area contributed by atoms with Gasteiger partial charge in [0.15, 0.2) is 0 Å². The molecular formula is C12H17NO. The Balaban J connectivity index is 2.00. The predicted molar refractivity (Wildman–Crippen MR) is 58.6 cm³/mol. The van der Waals surface area contributed by atoms with Crippen molar-refractivity contribution in [3.63, 3.8) is 0 Å². The van der Waals surface area contributed by atoms with Crippen LogP contribution in [0.3, 0.4) is 0 Å². The first-order valence-corrected chi connectivity index (χ1v) is 5.20. The smallest absolute Gasteiger partial charge is 0.0748 e. The van der Waals surface area contributed by atoms with Crippen LogP contribution >= 0.6 is 0 Å². The zero-order valence-corrected chi connectivity index (χ0v) is 8.79. The van der Waals surface area contributed by atoms with Gasteiger partial charge in [-0.2, -0.15) is 0 Å². The van der Waals surface area contributed by atoms with E-state index in [1.54, 1.807) is 0 Å². The maximum Gasteiger partial charge on any atom is 0.0748 e. The summed E-state index contributed by atoms with van der Waals surface area (Å²) in [6.07, 6.45) is 1.44. The van der Waals surface area contributed by atoms with E-state index in [1.807, 2.05) is 0 Å². The minimum absolute atomic E-state index is 0.330. The molecule has 0 radical (unpaired) electrons. The molecule has 1 aliphatic rings. The van der Waals surface area contributed by atoms with Crippen molar-refractivity contribution in [1.29, 1.82) is 0 Å². The van der Waals surface area contributed by atoms with Crippen LogP contribution in [-0.4, -0.2) is 18.8 Å². The number of hydrogen-bond donors (Lipinski definition) is 1. The number of rotatable bonds is 2. The van der Waals surface area contributed by atoms with Crippen LogP contribution in [0.25, 0.3) is 0 Å². The summed E-state index contributed by atoms with van der Waals surface area (Å²) < 4.78 is 5.50. The van der Waals surface area contributed by atoms with Crippen molar-refractivity contribution in [1.82, 2.24) is 0 Å². The molecule has 2 rings (SSSR count). The molecule has 0 bridgehead atoms. The molecule has 1 heterocycles. The quantitative estimate of drug-likeness (QED) is 0.775. The average Bonchev–Trinajstić information content (AvgIpc) is 2.56. The molecule has 0 aromatic heterocycles. The Morgan fingerprint density at radius 1 is 1.29 bits per heavy atom. The summed E-state index contributed by atoms with van der Waals surface area (Å²) in [6.45, 7) is 5.11. The molecule has 0 aliphatic carbocycles. The Morgan fingerprint density at radius 3 is 2.57 bits per heavy atom. The summed E-state index contributed by atoms with van der Waals surface area (Å²) in [5, 5.41) is 3.49.